The lowest BCUT2D eigenvalue weighted by Gasteiger charge is -2.57. The van der Waals surface area contributed by atoms with E-state index in [0.717, 1.165) is 24.8 Å². The first-order valence-electron chi connectivity index (χ1n) is 14.2. The molecule has 4 bridgehead atoms. The van der Waals surface area contributed by atoms with E-state index in [1.807, 2.05) is 18.2 Å². The fourth-order valence-electron chi connectivity index (χ4n) is 8.18. The molecule has 8 nitrogen and oxygen atoms in total. The van der Waals surface area contributed by atoms with Crippen LogP contribution in [0, 0.1) is 34.5 Å². The fourth-order valence-corrected chi connectivity index (χ4v) is 8.18. The summed E-state index contributed by atoms with van der Waals surface area (Å²) in [6, 6.07) is 13.3. The van der Waals surface area contributed by atoms with Crippen molar-refractivity contribution in [3.8, 4) is 17.6 Å². The Balaban J connectivity index is 1.30. The van der Waals surface area contributed by atoms with Crippen LogP contribution in [0.15, 0.2) is 42.5 Å². The lowest BCUT2D eigenvalue weighted by molar-refractivity contribution is -0.161. The standard InChI is InChI=1S/C32H35N3O5/c1-39-27-8-5-20(14-28(27)40-2)9-10-34(31(38)32-16-22-11-23(17-32)13-24(12-22)18-32)26-15-29(36)35(30(26)37)25-6-3-21(19-33)4-7-25/h3-8,14,22-24,26H,9-13,15-18H2,1-2H3. The number of hydrogen-bond acceptors (Lipinski definition) is 6. The molecule has 40 heavy (non-hydrogen) atoms. The van der Waals surface area contributed by atoms with Crippen molar-refractivity contribution in [3.05, 3.63) is 53.6 Å². The number of carbonyl (C=O) groups is 3. The molecule has 4 saturated carbocycles. The minimum atomic E-state index is -0.844. The monoisotopic (exact) mass is 541 g/mol. The quantitative estimate of drug-likeness (QED) is 0.457. The first-order chi connectivity index (χ1) is 19.3. The van der Waals surface area contributed by atoms with Crippen molar-refractivity contribution < 1.29 is 23.9 Å². The van der Waals surface area contributed by atoms with Gasteiger partial charge >= 0.3 is 0 Å². The maximum absolute atomic E-state index is 14.6. The third-order valence-corrected chi connectivity index (χ3v) is 9.60. The number of amides is 3. The lowest BCUT2D eigenvalue weighted by atomic mass is 9.49. The van der Waals surface area contributed by atoms with Crippen LogP contribution in [0.5, 0.6) is 11.5 Å². The lowest BCUT2D eigenvalue weighted by Crippen LogP contribution is -2.58. The molecule has 0 radical (unpaired) electrons. The van der Waals surface area contributed by atoms with Crippen molar-refractivity contribution in [2.24, 2.45) is 23.2 Å². The molecule has 2 aromatic rings. The molecule has 7 rings (SSSR count). The largest absolute Gasteiger partial charge is 0.493 e. The second kappa shape index (κ2) is 10.3. The molecule has 5 aliphatic rings. The van der Waals surface area contributed by atoms with Crippen molar-refractivity contribution in [3.63, 3.8) is 0 Å². The van der Waals surface area contributed by atoms with Gasteiger partial charge in [0.15, 0.2) is 11.5 Å². The Morgan fingerprint density at radius 2 is 1.60 bits per heavy atom. The number of hydrogen-bond donors (Lipinski definition) is 0. The maximum atomic E-state index is 14.6. The Kier molecular flexibility index (Phi) is 6.77. The SMILES string of the molecule is COc1ccc(CCN(C(=O)C23CC4CC(CC(C4)C2)C3)C2CC(=O)N(c3ccc(C#N)cc3)C2=O)cc1OC. The average Bonchev–Trinajstić information content (AvgIpc) is 3.25. The first kappa shape index (κ1) is 26.4. The molecule has 2 aromatic carbocycles. The number of carbonyl (C=O) groups excluding carboxylic acids is 3. The van der Waals surface area contributed by atoms with Crippen LogP contribution in [-0.2, 0) is 20.8 Å². The molecule has 4 aliphatic carbocycles. The first-order valence-corrected chi connectivity index (χ1v) is 14.2. The Bertz CT molecular complexity index is 1340. The number of benzene rings is 2. The van der Waals surface area contributed by atoms with Gasteiger partial charge in [0.05, 0.1) is 43.4 Å². The van der Waals surface area contributed by atoms with E-state index >= 15 is 0 Å². The van der Waals surface area contributed by atoms with E-state index in [4.69, 9.17) is 14.7 Å². The predicted octanol–water partition coefficient (Wildman–Crippen LogP) is 4.50. The van der Waals surface area contributed by atoms with Crippen molar-refractivity contribution in [1.29, 1.82) is 5.26 Å². The molecule has 0 aromatic heterocycles. The van der Waals surface area contributed by atoms with Gasteiger partial charge in [0.2, 0.25) is 11.8 Å². The number of ether oxygens (including phenoxy) is 2. The minimum absolute atomic E-state index is 0.0388. The summed E-state index contributed by atoms with van der Waals surface area (Å²) in [5, 5.41) is 9.15. The van der Waals surface area contributed by atoms with E-state index in [2.05, 4.69) is 6.07 Å². The molecule has 1 unspecified atom stereocenters. The van der Waals surface area contributed by atoms with E-state index < -0.39 is 11.5 Å². The van der Waals surface area contributed by atoms with Gasteiger partial charge in [0.1, 0.15) is 6.04 Å². The van der Waals surface area contributed by atoms with E-state index in [0.29, 0.717) is 53.5 Å². The van der Waals surface area contributed by atoms with Gasteiger partial charge in [-0.15, -0.1) is 0 Å². The van der Waals surface area contributed by atoms with Crippen LogP contribution >= 0.6 is 0 Å². The molecular weight excluding hydrogens is 506 g/mol. The summed E-state index contributed by atoms with van der Waals surface area (Å²) in [5.41, 5.74) is 1.41. The van der Waals surface area contributed by atoms with Crippen LogP contribution < -0.4 is 14.4 Å². The molecule has 1 heterocycles. The van der Waals surface area contributed by atoms with Crippen molar-refractivity contribution in [1.82, 2.24) is 4.90 Å². The zero-order valence-electron chi connectivity index (χ0n) is 23.1. The summed E-state index contributed by atoms with van der Waals surface area (Å²) in [6.07, 6.45) is 6.79. The van der Waals surface area contributed by atoms with Gasteiger partial charge in [-0.25, -0.2) is 4.90 Å². The smallest absolute Gasteiger partial charge is 0.257 e. The Morgan fingerprint density at radius 1 is 0.975 bits per heavy atom. The number of nitrogens with zero attached hydrogens (tertiary/aromatic N) is 3. The highest BCUT2D eigenvalue weighted by atomic mass is 16.5. The number of nitriles is 1. The summed E-state index contributed by atoms with van der Waals surface area (Å²) in [5.74, 6) is 2.33. The third kappa shape index (κ3) is 4.51. The highest BCUT2D eigenvalue weighted by Gasteiger charge is 2.57. The molecule has 8 heteroatoms. The number of rotatable bonds is 8. The van der Waals surface area contributed by atoms with Gasteiger partial charge in [0.25, 0.3) is 5.91 Å². The van der Waals surface area contributed by atoms with Gasteiger partial charge in [-0.3, -0.25) is 14.4 Å². The summed E-state index contributed by atoms with van der Waals surface area (Å²) < 4.78 is 10.8. The van der Waals surface area contributed by atoms with Crippen molar-refractivity contribution >= 4 is 23.4 Å². The molecule has 1 aliphatic heterocycles. The normalized spacial score (nSPS) is 28.5. The molecule has 0 spiro atoms. The Labute approximate surface area is 234 Å². The molecule has 5 fully saturated rings. The number of imide groups is 1. The summed E-state index contributed by atoms with van der Waals surface area (Å²) in [4.78, 5) is 44.6. The molecule has 0 N–H and O–H groups in total. The zero-order valence-corrected chi connectivity index (χ0v) is 23.1. The van der Waals surface area contributed by atoms with Crippen LogP contribution in [0.4, 0.5) is 5.69 Å². The summed E-state index contributed by atoms with van der Waals surface area (Å²) in [6.45, 7) is 0.334. The van der Waals surface area contributed by atoms with E-state index in [1.165, 1.54) is 24.2 Å². The van der Waals surface area contributed by atoms with Gasteiger partial charge < -0.3 is 14.4 Å². The third-order valence-electron chi connectivity index (χ3n) is 9.60. The van der Waals surface area contributed by atoms with Gasteiger partial charge in [-0.05, 0) is 105 Å². The van der Waals surface area contributed by atoms with Crippen LogP contribution in [0.1, 0.15) is 56.1 Å². The highest BCUT2D eigenvalue weighted by Crippen LogP contribution is 2.60. The summed E-state index contributed by atoms with van der Waals surface area (Å²) >= 11 is 0. The average molecular weight is 542 g/mol. The molecule has 208 valence electrons. The molecule has 1 atom stereocenters. The highest BCUT2D eigenvalue weighted by molar-refractivity contribution is 6.23. The minimum Gasteiger partial charge on any atom is -0.493 e. The van der Waals surface area contributed by atoms with Crippen LogP contribution in [0.3, 0.4) is 0 Å². The molecule has 3 amide bonds. The van der Waals surface area contributed by atoms with Gasteiger partial charge in [-0.2, -0.15) is 5.26 Å². The van der Waals surface area contributed by atoms with Crippen molar-refractivity contribution in [2.75, 3.05) is 25.7 Å². The van der Waals surface area contributed by atoms with Crippen LogP contribution in [-0.4, -0.2) is 49.4 Å². The topological polar surface area (TPSA) is 99.9 Å². The van der Waals surface area contributed by atoms with E-state index in [9.17, 15) is 14.4 Å². The second-order valence-corrected chi connectivity index (χ2v) is 12.1. The fraction of sp³-hybridized carbons (Fsp3) is 0.500. The molecule has 1 saturated heterocycles. The predicted molar refractivity (Wildman–Crippen MR) is 148 cm³/mol. The number of anilines is 1. The van der Waals surface area contributed by atoms with Crippen LogP contribution in [0.2, 0.25) is 0 Å². The zero-order chi connectivity index (χ0) is 28.0. The van der Waals surface area contributed by atoms with Gasteiger partial charge in [0, 0.05) is 6.54 Å². The van der Waals surface area contributed by atoms with Crippen molar-refractivity contribution in [2.45, 2.75) is 57.4 Å². The second-order valence-electron chi connectivity index (χ2n) is 12.1. The van der Waals surface area contributed by atoms with Gasteiger partial charge in [-0.1, -0.05) is 6.07 Å². The van der Waals surface area contributed by atoms with Crippen LogP contribution in [0.25, 0.3) is 0 Å². The Hall–Kier alpha value is -3.86. The van der Waals surface area contributed by atoms with E-state index in [-0.39, 0.29) is 24.1 Å². The Morgan fingerprint density at radius 3 is 2.17 bits per heavy atom. The number of methoxy groups -OCH3 is 2. The molecular formula is C32H35N3O5. The summed E-state index contributed by atoms with van der Waals surface area (Å²) in [7, 11) is 3.18. The van der Waals surface area contributed by atoms with E-state index in [1.54, 1.807) is 43.4 Å². The maximum Gasteiger partial charge on any atom is 0.257 e.